The van der Waals surface area contributed by atoms with Gasteiger partial charge in [-0.3, -0.25) is 9.91 Å². The van der Waals surface area contributed by atoms with Crippen LogP contribution in [0.4, 0.5) is 5.95 Å². The molecule has 0 aromatic carbocycles. The Bertz CT molecular complexity index is 463. The molecule has 0 aliphatic carbocycles. The molecule has 0 atom stereocenters. The van der Waals surface area contributed by atoms with Gasteiger partial charge < -0.3 is 0 Å². The molecule has 0 aliphatic rings. The molecule has 1 aromatic rings. The van der Waals surface area contributed by atoms with E-state index in [1.165, 1.54) is 11.8 Å². The van der Waals surface area contributed by atoms with Crippen molar-refractivity contribution in [1.29, 1.82) is 0 Å². The van der Waals surface area contributed by atoms with Crippen LogP contribution in [-0.4, -0.2) is 44.7 Å². The van der Waals surface area contributed by atoms with Crippen LogP contribution in [-0.2, 0) is 6.54 Å². The number of hydrazine groups is 1. The van der Waals surface area contributed by atoms with E-state index < -0.39 is 0 Å². The predicted molar refractivity (Wildman–Crippen MR) is 93.8 cm³/mol. The number of hydrogen-bond acceptors (Lipinski definition) is 7. The average molecular weight is 327 g/mol. The second-order valence-electron chi connectivity index (χ2n) is 6.46. The molecule has 22 heavy (non-hydrogen) atoms. The molecule has 0 bridgehead atoms. The summed E-state index contributed by atoms with van der Waals surface area (Å²) in [6, 6.07) is 0.584. The zero-order chi connectivity index (χ0) is 16.9. The molecule has 7 heteroatoms. The molecular weight excluding hydrogens is 296 g/mol. The molecule has 1 heterocycles. The quantitative estimate of drug-likeness (QED) is 0.447. The Kier molecular flexibility index (Phi) is 7.52. The van der Waals surface area contributed by atoms with Gasteiger partial charge in [0.05, 0.1) is 6.54 Å². The summed E-state index contributed by atoms with van der Waals surface area (Å²) in [7, 11) is 0. The number of rotatable bonds is 8. The van der Waals surface area contributed by atoms with Gasteiger partial charge in [-0.25, -0.2) is 10.8 Å². The van der Waals surface area contributed by atoms with Crippen molar-refractivity contribution in [3.63, 3.8) is 0 Å². The van der Waals surface area contributed by atoms with Crippen LogP contribution in [0.2, 0.25) is 0 Å². The highest BCUT2D eigenvalue weighted by Gasteiger charge is 2.17. The lowest BCUT2D eigenvalue weighted by Gasteiger charge is -2.28. The van der Waals surface area contributed by atoms with E-state index in [2.05, 4.69) is 47.5 Å². The average Bonchev–Trinajstić information content (AvgIpc) is 2.44. The standard InChI is InChI=1S/C15H30N6S/c1-10(2)8-20(11(3)4)9-13-17-14(21(16)12(5)6)19-15(18-13)22-7/h10-12H,8-9,16H2,1-7H3. The number of nitrogens with zero attached hydrogens (tertiary/aromatic N) is 5. The molecule has 0 spiro atoms. The highest BCUT2D eigenvalue weighted by atomic mass is 32.2. The summed E-state index contributed by atoms with van der Waals surface area (Å²) in [6.45, 7) is 14.6. The molecule has 0 aliphatic heterocycles. The fraction of sp³-hybridized carbons (Fsp3) is 0.800. The van der Waals surface area contributed by atoms with Crippen LogP contribution in [0.5, 0.6) is 0 Å². The van der Waals surface area contributed by atoms with E-state index in [1.54, 1.807) is 5.01 Å². The summed E-state index contributed by atoms with van der Waals surface area (Å²) in [5.74, 6) is 7.98. The monoisotopic (exact) mass is 326 g/mol. The number of thioether (sulfide) groups is 1. The number of nitrogens with two attached hydrogens (primary N) is 1. The Balaban J connectivity index is 3.04. The van der Waals surface area contributed by atoms with Crippen molar-refractivity contribution in [3.05, 3.63) is 5.82 Å². The lowest BCUT2D eigenvalue weighted by Crippen LogP contribution is -2.39. The van der Waals surface area contributed by atoms with E-state index in [9.17, 15) is 0 Å². The predicted octanol–water partition coefficient (Wildman–Crippen LogP) is 2.55. The first-order chi connectivity index (χ1) is 10.2. The molecule has 0 unspecified atom stereocenters. The first-order valence-corrected chi connectivity index (χ1v) is 9.04. The topological polar surface area (TPSA) is 71.2 Å². The van der Waals surface area contributed by atoms with Gasteiger partial charge in [-0.1, -0.05) is 25.6 Å². The van der Waals surface area contributed by atoms with Crippen LogP contribution in [0.25, 0.3) is 0 Å². The van der Waals surface area contributed by atoms with Gasteiger partial charge in [0.15, 0.2) is 5.16 Å². The summed E-state index contributed by atoms with van der Waals surface area (Å²) < 4.78 is 0. The van der Waals surface area contributed by atoms with E-state index >= 15 is 0 Å². The molecule has 0 saturated carbocycles. The summed E-state index contributed by atoms with van der Waals surface area (Å²) in [4.78, 5) is 15.9. The highest BCUT2D eigenvalue weighted by molar-refractivity contribution is 7.98. The third-order valence-corrected chi connectivity index (χ3v) is 3.84. The highest BCUT2D eigenvalue weighted by Crippen LogP contribution is 2.16. The summed E-state index contributed by atoms with van der Waals surface area (Å²) in [5, 5.41) is 2.30. The zero-order valence-electron chi connectivity index (χ0n) is 14.9. The van der Waals surface area contributed by atoms with Gasteiger partial charge in [0.1, 0.15) is 5.82 Å². The molecule has 0 fully saturated rings. The van der Waals surface area contributed by atoms with Crippen molar-refractivity contribution in [1.82, 2.24) is 19.9 Å². The molecule has 0 radical (unpaired) electrons. The molecule has 0 saturated heterocycles. The van der Waals surface area contributed by atoms with Gasteiger partial charge in [-0.2, -0.15) is 9.97 Å². The van der Waals surface area contributed by atoms with E-state index in [4.69, 9.17) is 5.84 Å². The molecular formula is C15H30N6S. The number of aromatic nitrogens is 3. The molecule has 0 amide bonds. The van der Waals surface area contributed by atoms with Gasteiger partial charge in [0.2, 0.25) is 5.95 Å². The van der Waals surface area contributed by atoms with Crippen LogP contribution in [0, 0.1) is 5.92 Å². The second kappa shape index (κ2) is 8.64. The largest absolute Gasteiger partial charge is 0.293 e. The van der Waals surface area contributed by atoms with Crippen LogP contribution in [0.3, 0.4) is 0 Å². The molecule has 1 rings (SSSR count). The van der Waals surface area contributed by atoms with Crippen molar-refractivity contribution in [2.75, 3.05) is 17.8 Å². The fourth-order valence-electron chi connectivity index (χ4n) is 2.00. The third-order valence-electron chi connectivity index (χ3n) is 3.29. The van der Waals surface area contributed by atoms with Gasteiger partial charge in [-0.05, 0) is 39.9 Å². The molecule has 1 aromatic heterocycles. The third kappa shape index (κ3) is 5.70. The van der Waals surface area contributed by atoms with Crippen LogP contribution < -0.4 is 10.9 Å². The smallest absolute Gasteiger partial charge is 0.244 e. The lowest BCUT2D eigenvalue weighted by molar-refractivity contribution is 0.184. The number of anilines is 1. The molecule has 6 nitrogen and oxygen atoms in total. The lowest BCUT2D eigenvalue weighted by atomic mass is 10.2. The van der Waals surface area contributed by atoms with Crippen LogP contribution in [0.15, 0.2) is 5.16 Å². The first kappa shape index (κ1) is 19.1. The van der Waals surface area contributed by atoms with Crippen molar-refractivity contribution in [3.8, 4) is 0 Å². The van der Waals surface area contributed by atoms with Gasteiger partial charge >= 0.3 is 0 Å². The van der Waals surface area contributed by atoms with Gasteiger partial charge in [0, 0.05) is 18.6 Å². The zero-order valence-corrected chi connectivity index (χ0v) is 15.7. The molecule has 2 N–H and O–H groups in total. The van der Waals surface area contributed by atoms with Crippen molar-refractivity contribution < 1.29 is 0 Å². The van der Waals surface area contributed by atoms with Crippen LogP contribution >= 0.6 is 11.8 Å². The summed E-state index contributed by atoms with van der Waals surface area (Å²) in [5.41, 5.74) is 0. The SMILES string of the molecule is CSc1nc(CN(CC(C)C)C(C)C)nc(N(N)C(C)C)n1. The van der Waals surface area contributed by atoms with Crippen molar-refractivity contribution in [2.45, 2.75) is 65.3 Å². The summed E-state index contributed by atoms with van der Waals surface area (Å²) in [6.07, 6.45) is 1.97. The maximum absolute atomic E-state index is 6.06. The Labute approximate surface area is 138 Å². The summed E-state index contributed by atoms with van der Waals surface area (Å²) >= 11 is 1.51. The first-order valence-electron chi connectivity index (χ1n) is 7.81. The van der Waals surface area contributed by atoms with Crippen molar-refractivity contribution in [2.24, 2.45) is 11.8 Å². The minimum absolute atomic E-state index is 0.141. The van der Waals surface area contributed by atoms with Crippen molar-refractivity contribution >= 4 is 17.7 Å². The Morgan fingerprint density at radius 2 is 1.64 bits per heavy atom. The number of hydrogen-bond donors (Lipinski definition) is 1. The second-order valence-corrected chi connectivity index (χ2v) is 7.23. The Morgan fingerprint density at radius 3 is 2.09 bits per heavy atom. The maximum atomic E-state index is 6.06. The van der Waals surface area contributed by atoms with E-state index in [1.807, 2.05) is 20.1 Å². The minimum atomic E-state index is 0.141. The minimum Gasteiger partial charge on any atom is -0.293 e. The Morgan fingerprint density at radius 1 is 1.00 bits per heavy atom. The van der Waals surface area contributed by atoms with E-state index in [0.29, 0.717) is 29.6 Å². The van der Waals surface area contributed by atoms with Gasteiger partial charge in [0.25, 0.3) is 0 Å². The maximum Gasteiger partial charge on any atom is 0.244 e. The van der Waals surface area contributed by atoms with E-state index in [-0.39, 0.29) is 6.04 Å². The van der Waals surface area contributed by atoms with E-state index in [0.717, 1.165) is 12.4 Å². The fourth-order valence-corrected chi connectivity index (χ4v) is 2.37. The van der Waals surface area contributed by atoms with Crippen LogP contribution in [0.1, 0.15) is 47.4 Å². The molecule has 126 valence electrons. The normalized spacial score (nSPS) is 12.0. The Hall–Kier alpha value is -0.920. The van der Waals surface area contributed by atoms with Gasteiger partial charge in [-0.15, -0.1) is 0 Å².